The molecule has 0 amide bonds. The summed E-state index contributed by atoms with van der Waals surface area (Å²) in [6.07, 6.45) is 7.56. The molecule has 4 aliphatic carbocycles. The fraction of sp³-hybridized carbons (Fsp3) is 0.952. The van der Waals surface area contributed by atoms with Crippen LogP contribution in [0.25, 0.3) is 0 Å². The van der Waals surface area contributed by atoms with Gasteiger partial charge < -0.3 is 10.2 Å². The van der Waals surface area contributed by atoms with E-state index in [2.05, 4.69) is 13.8 Å². The van der Waals surface area contributed by atoms with Crippen molar-refractivity contribution in [1.82, 2.24) is 0 Å². The lowest BCUT2D eigenvalue weighted by Crippen LogP contribution is -2.58. The minimum Gasteiger partial charge on any atom is -0.393 e. The van der Waals surface area contributed by atoms with Gasteiger partial charge in [0.2, 0.25) is 0 Å². The van der Waals surface area contributed by atoms with Crippen molar-refractivity contribution in [3.05, 3.63) is 0 Å². The van der Waals surface area contributed by atoms with Crippen LogP contribution in [0.4, 0.5) is 0 Å². The average Bonchev–Trinajstić information content (AvgIpc) is 2.86. The van der Waals surface area contributed by atoms with Crippen LogP contribution in [-0.4, -0.2) is 28.2 Å². The summed E-state index contributed by atoms with van der Waals surface area (Å²) in [5.41, 5.74) is 0.0577. The number of carbonyl (C=O) groups excluding carboxylic acids is 1. The first kappa shape index (κ1) is 17.0. The first-order valence-electron chi connectivity index (χ1n) is 10.2. The van der Waals surface area contributed by atoms with Crippen LogP contribution in [-0.2, 0) is 4.79 Å². The Morgan fingerprint density at radius 2 is 1.83 bits per heavy atom. The van der Waals surface area contributed by atoms with Crippen molar-refractivity contribution < 1.29 is 15.0 Å². The highest BCUT2D eigenvalue weighted by molar-refractivity contribution is 5.86. The Labute approximate surface area is 146 Å². The molecule has 0 aromatic rings. The summed E-state index contributed by atoms with van der Waals surface area (Å²) in [5.74, 6) is 2.96. The van der Waals surface area contributed by atoms with Gasteiger partial charge in [0, 0.05) is 11.8 Å². The number of rotatable bonds is 1. The molecule has 0 aliphatic heterocycles. The van der Waals surface area contributed by atoms with Crippen molar-refractivity contribution in [2.75, 3.05) is 0 Å². The molecule has 4 saturated carbocycles. The zero-order chi connectivity index (χ0) is 17.3. The second-order valence-electron chi connectivity index (χ2n) is 9.92. The molecule has 0 bridgehead atoms. The molecule has 0 spiro atoms. The maximum absolute atomic E-state index is 13.0. The maximum Gasteiger partial charge on any atom is 0.141 e. The first-order valence-corrected chi connectivity index (χ1v) is 10.2. The fourth-order valence-corrected chi connectivity index (χ4v) is 7.91. The van der Waals surface area contributed by atoms with E-state index in [4.69, 9.17) is 0 Å². The third kappa shape index (κ3) is 2.13. The highest BCUT2D eigenvalue weighted by Crippen LogP contribution is 2.67. The van der Waals surface area contributed by atoms with Crippen LogP contribution < -0.4 is 0 Å². The molecule has 0 aromatic carbocycles. The monoisotopic (exact) mass is 334 g/mol. The second-order valence-corrected chi connectivity index (χ2v) is 9.92. The third-order valence-corrected chi connectivity index (χ3v) is 9.14. The van der Waals surface area contributed by atoms with Gasteiger partial charge in [0.25, 0.3) is 0 Å². The number of fused-ring (bicyclic) bond motifs is 5. The van der Waals surface area contributed by atoms with E-state index in [1.165, 1.54) is 12.8 Å². The molecule has 9 atom stereocenters. The van der Waals surface area contributed by atoms with Gasteiger partial charge in [0.05, 0.1) is 12.2 Å². The molecule has 0 saturated heterocycles. The minimum atomic E-state index is -0.410. The number of Topliss-reactive ketones (excluding diaryl/α,β-unsaturated/α-hetero) is 1. The van der Waals surface area contributed by atoms with E-state index in [-0.39, 0.29) is 16.9 Å². The molecule has 24 heavy (non-hydrogen) atoms. The average molecular weight is 335 g/mol. The Morgan fingerprint density at radius 1 is 1.08 bits per heavy atom. The molecule has 3 nitrogen and oxygen atoms in total. The highest BCUT2D eigenvalue weighted by Gasteiger charge is 2.62. The fourth-order valence-electron chi connectivity index (χ4n) is 7.91. The maximum atomic E-state index is 13.0. The minimum absolute atomic E-state index is 0.202. The predicted octanol–water partition coefficient (Wildman–Crippen LogP) is 3.57. The Balaban J connectivity index is 1.65. The molecule has 0 radical (unpaired) electrons. The lowest BCUT2D eigenvalue weighted by Gasteiger charge is -2.60. The van der Waals surface area contributed by atoms with Crippen molar-refractivity contribution >= 4 is 5.78 Å². The van der Waals surface area contributed by atoms with Gasteiger partial charge in [-0.25, -0.2) is 0 Å². The highest BCUT2D eigenvalue weighted by atomic mass is 16.3. The summed E-state index contributed by atoms with van der Waals surface area (Å²) < 4.78 is 0. The number of hydrogen-bond acceptors (Lipinski definition) is 3. The van der Waals surface area contributed by atoms with Gasteiger partial charge in [-0.3, -0.25) is 4.79 Å². The van der Waals surface area contributed by atoms with Crippen molar-refractivity contribution in [2.45, 2.75) is 84.3 Å². The molecule has 136 valence electrons. The normalized spacial score (nSPS) is 55.5. The summed E-state index contributed by atoms with van der Waals surface area (Å²) in [7, 11) is 0. The molecular formula is C21H34O3. The SMILES string of the molecule is CC(O)[C@H]1CC[C@H]2[C@@H]3CC[C@@H]4CC(O)CC(=O)[C@]4(C)[C@H]3CC[C@@]12C. The van der Waals surface area contributed by atoms with Crippen LogP contribution in [0.15, 0.2) is 0 Å². The van der Waals surface area contributed by atoms with E-state index < -0.39 is 6.10 Å². The molecule has 2 N–H and O–H groups in total. The van der Waals surface area contributed by atoms with Crippen molar-refractivity contribution in [1.29, 1.82) is 0 Å². The Bertz CT molecular complexity index is 529. The Kier molecular flexibility index (Phi) is 3.93. The van der Waals surface area contributed by atoms with Gasteiger partial charge in [0.1, 0.15) is 5.78 Å². The van der Waals surface area contributed by atoms with E-state index >= 15 is 0 Å². The Hall–Kier alpha value is -0.410. The molecule has 0 heterocycles. The summed E-state index contributed by atoms with van der Waals surface area (Å²) in [6.45, 7) is 6.61. The molecule has 4 fully saturated rings. The summed E-state index contributed by atoms with van der Waals surface area (Å²) >= 11 is 0. The van der Waals surface area contributed by atoms with Crippen molar-refractivity contribution in [3.8, 4) is 0 Å². The molecule has 4 aliphatic rings. The zero-order valence-electron chi connectivity index (χ0n) is 15.5. The van der Waals surface area contributed by atoms with Gasteiger partial charge in [-0.2, -0.15) is 0 Å². The molecule has 4 rings (SSSR count). The van der Waals surface area contributed by atoms with Crippen LogP contribution >= 0.6 is 0 Å². The number of hydrogen-bond donors (Lipinski definition) is 2. The van der Waals surface area contributed by atoms with Crippen molar-refractivity contribution in [3.63, 3.8) is 0 Å². The molecule has 3 heteroatoms. The Morgan fingerprint density at radius 3 is 2.54 bits per heavy atom. The quantitative estimate of drug-likeness (QED) is 0.771. The van der Waals surface area contributed by atoms with E-state index in [0.717, 1.165) is 32.1 Å². The predicted molar refractivity (Wildman–Crippen MR) is 93.3 cm³/mol. The van der Waals surface area contributed by atoms with E-state index in [9.17, 15) is 15.0 Å². The zero-order valence-corrected chi connectivity index (χ0v) is 15.5. The lowest BCUT2D eigenvalue weighted by molar-refractivity contribution is -0.163. The smallest absolute Gasteiger partial charge is 0.141 e. The number of aliphatic hydroxyl groups is 2. The van der Waals surface area contributed by atoms with Crippen molar-refractivity contribution in [2.24, 2.45) is 40.4 Å². The third-order valence-electron chi connectivity index (χ3n) is 9.14. The van der Waals surface area contributed by atoms with Crippen LogP contribution in [0, 0.1) is 40.4 Å². The number of ketones is 1. The topological polar surface area (TPSA) is 57.5 Å². The number of carbonyl (C=O) groups is 1. The largest absolute Gasteiger partial charge is 0.393 e. The van der Waals surface area contributed by atoms with Crippen LogP contribution in [0.3, 0.4) is 0 Å². The van der Waals surface area contributed by atoms with Crippen LogP contribution in [0.5, 0.6) is 0 Å². The van der Waals surface area contributed by atoms with E-state index in [0.29, 0.717) is 41.8 Å². The summed E-state index contributed by atoms with van der Waals surface area (Å²) in [6, 6.07) is 0. The van der Waals surface area contributed by atoms with Crippen LogP contribution in [0.1, 0.15) is 72.1 Å². The van der Waals surface area contributed by atoms with Gasteiger partial charge in [0.15, 0.2) is 0 Å². The molecular weight excluding hydrogens is 300 g/mol. The van der Waals surface area contributed by atoms with E-state index in [1.807, 2.05) is 6.92 Å². The standard InChI is InChI=1S/C21H34O3/c1-12(22)16-6-7-17-15-5-4-13-10-14(23)11-19(24)21(13,3)18(15)8-9-20(16,17)2/h12-18,22-23H,4-11H2,1-3H3/t12?,13-,14?,15+,16-,17+,18+,20+,21+/m1/s1. The van der Waals surface area contributed by atoms with Gasteiger partial charge in [-0.05, 0) is 86.9 Å². The number of aliphatic hydroxyl groups excluding tert-OH is 2. The van der Waals surface area contributed by atoms with Gasteiger partial charge >= 0.3 is 0 Å². The summed E-state index contributed by atoms with van der Waals surface area (Å²) in [5, 5.41) is 20.3. The molecule has 0 aromatic heterocycles. The lowest BCUT2D eigenvalue weighted by atomic mass is 9.44. The van der Waals surface area contributed by atoms with Crippen LogP contribution in [0.2, 0.25) is 0 Å². The first-order chi connectivity index (χ1) is 11.3. The summed E-state index contributed by atoms with van der Waals surface area (Å²) in [4.78, 5) is 13.0. The van der Waals surface area contributed by atoms with Gasteiger partial charge in [-0.1, -0.05) is 13.8 Å². The van der Waals surface area contributed by atoms with Gasteiger partial charge in [-0.15, -0.1) is 0 Å². The molecule has 2 unspecified atom stereocenters. The second kappa shape index (κ2) is 5.54. The van der Waals surface area contributed by atoms with E-state index in [1.54, 1.807) is 0 Å².